The number of methoxy groups -OCH3 is 1. The molecular weight excluding hydrogens is 262 g/mol. The number of nitrogens with zero attached hydrogens (tertiary/aromatic N) is 1. The third kappa shape index (κ3) is 2.54. The second-order valence-corrected chi connectivity index (χ2v) is 5.52. The Kier molecular flexibility index (Phi) is 3.35. The summed E-state index contributed by atoms with van der Waals surface area (Å²) in [4.78, 5) is 16.4. The van der Waals surface area contributed by atoms with Gasteiger partial charge in [-0.2, -0.15) is 0 Å². The average Bonchev–Trinajstić information content (AvgIpc) is 3.06. The summed E-state index contributed by atoms with van der Waals surface area (Å²) in [6, 6.07) is 5.61. The van der Waals surface area contributed by atoms with E-state index in [-0.39, 0.29) is 11.9 Å². The molecule has 6 heteroatoms. The summed E-state index contributed by atoms with van der Waals surface area (Å²) in [5.74, 6) is 0.801. The summed E-state index contributed by atoms with van der Waals surface area (Å²) >= 11 is 1.46. The minimum absolute atomic E-state index is 0.00326. The molecule has 1 saturated heterocycles. The Balaban J connectivity index is 1.79. The van der Waals surface area contributed by atoms with Gasteiger partial charge in [-0.1, -0.05) is 11.3 Å². The molecule has 1 aromatic carbocycles. The number of aromatic nitrogens is 1. The van der Waals surface area contributed by atoms with Gasteiger partial charge < -0.3 is 15.4 Å². The van der Waals surface area contributed by atoms with E-state index in [0.29, 0.717) is 5.13 Å². The van der Waals surface area contributed by atoms with Gasteiger partial charge in [0.05, 0.1) is 23.4 Å². The number of fused-ring (bicyclic) bond motifs is 1. The highest BCUT2D eigenvalue weighted by atomic mass is 32.1. The Morgan fingerprint density at radius 3 is 3.21 bits per heavy atom. The molecule has 1 aromatic heterocycles. The van der Waals surface area contributed by atoms with Crippen molar-refractivity contribution < 1.29 is 9.53 Å². The molecule has 1 atom stereocenters. The minimum Gasteiger partial charge on any atom is -0.497 e. The second kappa shape index (κ2) is 5.14. The highest BCUT2D eigenvalue weighted by Gasteiger charge is 2.22. The Hall–Kier alpha value is -1.66. The number of thiazole rings is 1. The summed E-state index contributed by atoms with van der Waals surface area (Å²) in [5, 5.41) is 6.69. The lowest BCUT2D eigenvalue weighted by Gasteiger charge is -2.08. The van der Waals surface area contributed by atoms with Crippen LogP contribution >= 0.6 is 11.3 Å². The first-order valence-electron chi connectivity index (χ1n) is 6.25. The number of carbonyl (C=O) groups is 1. The Labute approximate surface area is 115 Å². The van der Waals surface area contributed by atoms with E-state index < -0.39 is 0 Å². The monoisotopic (exact) mass is 277 g/mol. The van der Waals surface area contributed by atoms with Crippen LogP contribution in [-0.2, 0) is 4.79 Å². The van der Waals surface area contributed by atoms with Crippen molar-refractivity contribution in [2.75, 3.05) is 19.0 Å². The Bertz CT molecular complexity index is 605. The van der Waals surface area contributed by atoms with Gasteiger partial charge in [0.15, 0.2) is 5.13 Å². The van der Waals surface area contributed by atoms with Crippen molar-refractivity contribution in [3.05, 3.63) is 18.2 Å². The number of anilines is 1. The molecule has 0 unspecified atom stereocenters. The molecule has 1 aliphatic heterocycles. The molecule has 2 aromatic rings. The zero-order valence-corrected chi connectivity index (χ0v) is 11.4. The van der Waals surface area contributed by atoms with Crippen LogP contribution in [0.3, 0.4) is 0 Å². The summed E-state index contributed by atoms with van der Waals surface area (Å²) in [5.41, 5.74) is 0.875. The van der Waals surface area contributed by atoms with Crippen molar-refractivity contribution >= 4 is 32.6 Å². The van der Waals surface area contributed by atoms with Crippen LogP contribution in [0.2, 0.25) is 0 Å². The van der Waals surface area contributed by atoms with Gasteiger partial charge >= 0.3 is 0 Å². The maximum atomic E-state index is 12.0. The number of rotatable bonds is 3. The van der Waals surface area contributed by atoms with Gasteiger partial charge in [0, 0.05) is 0 Å². The first-order valence-corrected chi connectivity index (χ1v) is 7.07. The Morgan fingerprint density at radius 1 is 1.58 bits per heavy atom. The molecule has 1 amide bonds. The van der Waals surface area contributed by atoms with Gasteiger partial charge in [-0.3, -0.25) is 4.79 Å². The van der Waals surface area contributed by atoms with Gasteiger partial charge in [-0.15, -0.1) is 0 Å². The van der Waals surface area contributed by atoms with E-state index in [4.69, 9.17) is 4.74 Å². The third-order valence-corrected chi connectivity index (χ3v) is 4.14. The normalized spacial score (nSPS) is 18.7. The van der Waals surface area contributed by atoms with Crippen LogP contribution in [0, 0.1) is 0 Å². The summed E-state index contributed by atoms with van der Waals surface area (Å²) in [6.07, 6.45) is 1.94. The topological polar surface area (TPSA) is 63.2 Å². The molecule has 0 bridgehead atoms. The molecular formula is C13H15N3O2S. The molecule has 0 saturated carbocycles. The SMILES string of the molecule is COc1ccc2nc(NC(=O)[C@@H]3CCCN3)sc2c1. The lowest BCUT2D eigenvalue weighted by atomic mass is 10.2. The van der Waals surface area contributed by atoms with E-state index in [1.165, 1.54) is 11.3 Å². The second-order valence-electron chi connectivity index (χ2n) is 4.49. The van der Waals surface area contributed by atoms with E-state index in [9.17, 15) is 4.79 Å². The van der Waals surface area contributed by atoms with Crippen molar-refractivity contribution in [1.82, 2.24) is 10.3 Å². The van der Waals surface area contributed by atoms with Crippen molar-refractivity contribution in [2.24, 2.45) is 0 Å². The lowest BCUT2D eigenvalue weighted by Crippen LogP contribution is -2.35. The molecule has 19 heavy (non-hydrogen) atoms. The molecule has 1 fully saturated rings. The fourth-order valence-electron chi connectivity index (χ4n) is 2.19. The summed E-state index contributed by atoms with van der Waals surface area (Å²) < 4.78 is 6.18. The molecule has 0 spiro atoms. The van der Waals surface area contributed by atoms with Crippen molar-refractivity contribution in [1.29, 1.82) is 0 Å². The molecule has 0 aliphatic carbocycles. The van der Waals surface area contributed by atoms with E-state index >= 15 is 0 Å². The lowest BCUT2D eigenvalue weighted by molar-refractivity contribution is -0.117. The van der Waals surface area contributed by atoms with Crippen molar-refractivity contribution in [2.45, 2.75) is 18.9 Å². The van der Waals surface area contributed by atoms with Gasteiger partial charge in [-0.05, 0) is 37.6 Å². The van der Waals surface area contributed by atoms with Crippen LogP contribution in [0.1, 0.15) is 12.8 Å². The van der Waals surface area contributed by atoms with Crippen LogP contribution in [0.15, 0.2) is 18.2 Å². The first kappa shape index (κ1) is 12.4. The number of benzene rings is 1. The smallest absolute Gasteiger partial charge is 0.243 e. The fraction of sp³-hybridized carbons (Fsp3) is 0.385. The number of nitrogens with one attached hydrogen (secondary N) is 2. The van der Waals surface area contributed by atoms with Crippen LogP contribution in [0.5, 0.6) is 5.75 Å². The quantitative estimate of drug-likeness (QED) is 0.900. The molecule has 2 N–H and O–H groups in total. The van der Waals surface area contributed by atoms with Crippen LogP contribution in [0.4, 0.5) is 5.13 Å². The van der Waals surface area contributed by atoms with Crippen LogP contribution in [-0.4, -0.2) is 30.6 Å². The zero-order chi connectivity index (χ0) is 13.2. The fourth-order valence-corrected chi connectivity index (χ4v) is 3.08. The molecule has 1 aliphatic rings. The largest absolute Gasteiger partial charge is 0.497 e. The standard InChI is InChI=1S/C13H15N3O2S/c1-18-8-4-5-9-11(7-8)19-13(15-9)16-12(17)10-3-2-6-14-10/h4-5,7,10,14H,2-3,6H2,1H3,(H,15,16,17)/t10-/m0/s1. The predicted octanol–water partition coefficient (Wildman–Crippen LogP) is 2.00. The maximum absolute atomic E-state index is 12.0. The Morgan fingerprint density at radius 2 is 2.47 bits per heavy atom. The molecule has 3 rings (SSSR count). The summed E-state index contributed by atoms with van der Waals surface area (Å²) in [6.45, 7) is 0.912. The molecule has 0 radical (unpaired) electrons. The summed E-state index contributed by atoms with van der Waals surface area (Å²) in [7, 11) is 1.64. The van der Waals surface area contributed by atoms with Gasteiger partial charge in [-0.25, -0.2) is 4.98 Å². The molecule has 5 nitrogen and oxygen atoms in total. The number of hydrogen-bond donors (Lipinski definition) is 2. The van der Waals surface area contributed by atoms with Crippen molar-refractivity contribution in [3.8, 4) is 5.75 Å². The highest BCUT2D eigenvalue weighted by molar-refractivity contribution is 7.22. The molecule has 100 valence electrons. The number of carbonyl (C=O) groups excluding carboxylic acids is 1. The van der Waals surface area contributed by atoms with Gasteiger partial charge in [0.2, 0.25) is 5.91 Å². The highest BCUT2D eigenvalue weighted by Crippen LogP contribution is 2.29. The number of hydrogen-bond acceptors (Lipinski definition) is 5. The van der Waals surface area contributed by atoms with E-state index in [2.05, 4.69) is 15.6 Å². The molecule has 2 heterocycles. The minimum atomic E-state index is -0.0819. The number of ether oxygens (including phenoxy) is 1. The zero-order valence-electron chi connectivity index (χ0n) is 10.6. The van der Waals surface area contributed by atoms with Crippen molar-refractivity contribution in [3.63, 3.8) is 0 Å². The van der Waals surface area contributed by atoms with E-state index in [0.717, 1.165) is 35.4 Å². The predicted molar refractivity (Wildman–Crippen MR) is 75.8 cm³/mol. The first-order chi connectivity index (χ1) is 9.26. The van der Waals surface area contributed by atoms with Crippen LogP contribution in [0.25, 0.3) is 10.2 Å². The maximum Gasteiger partial charge on any atom is 0.243 e. The van der Waals surface area contributed by atoms with Crippen LogP contribution < -0.4 is 15.4 Å². The van der Waals surface area contributed by atoms with Gasteiger partial charge in [0.1, 0.15) is 5.75 Å². The third-order valence-electron chi connectivity index (χ3n) is 3.20. The average molecular weight is 277 g/mol. The van der Waals surface area contributed by atoms with E-state index in [1.807, 2.05) is 18.2 Å². The number of amides is 1. The van der Waals surface area contributed by atoms with Gasteiger partial charge in [0.25, 0.3) is 0 Å². The van der Waals surface area contributed by atoms with E-state index in [1.54, 1.807) is 7.11 Å².